The van der Waals surface area contributed by atoms with Crippen molar-refractivity contribution in [3.63, 3.8) is 0 Å². The first kappa shape index (κ1) is 51.2. The molecule has 0 unspecified atom stereocenters. The zero-order valence-corrected chi connectivity index (χ0v) is 29.1. The van der Waals surface area contributed by atoms with Crippen LogP contribution in [-0.2, 0) is 21.2 Å². The van der Waals surface area contributed by atoms with Crippen molar-refractivity contribution >= 4 is 15.2 Å². The minimum atomic E-state index is -6.00. The Balaban J connectivity index is -0.000000129. The number of ether oxygens (including phenoxy) is 1. The molecule has 9 heteroatoms. The van der Waals surface area contributed by atoms with Crippen molar-refractivity contribution in [2.24, 2.45) is 0 Å². The predicted molar refractivity (Wildman–Crippen MR) is 173 cm³/mol. The molecule has 0 atom stereocenters. The molecule has 1 N–H and O–H groups in total. The van der Waals surface area contributed by atoms with Crippen molar-refractivity contribution in [2.75, 3.05) is 19.8 Å². The standard InChI is InChI=1S/C9H21P.2C8H12.C4H10O.C3H7O.BF4.Ni/c1-7(2)10(8(3)4)9(5)6;2*1-2-4-6-8-7-5-3-1;1-3-5-4-2;1-2-3-4;2-1(3,4)5;/h7-9H,1-6H3;2*1-2,7-8H,3-6H2;3-4H2,1-2H3;4H,1-3H2;;/q;;;;2*-1;+2. The number of hydrogen-bond donors (Lipinski definition) is 1. The quantitative estimate of drug-likeness (QED) is 0.134. The largest absolute Gasteiger partial charge is 2.00 e. The van der Waals surface area contributed by atoms with Crippen molar-refractivity contribution < 1.29 is 43.6 Å². The maximum atomic E-state index is 9.75. The Morgan fingerprint density at radius 2 is 0.805 bits per heavy atom. The molecule has 0 heterocycles. The fourth-order valence-electron chi connectivity index (χ4n) is 3.71. The molecule has 0 bridgehead atoms. The van der Waals surface area contributed by atoms with Crippen LogP contribution in [0, 0.1) is 58.3 Å². The molecule has 2 aliphatic carbocycles. The molecule has 2 nitrogen and oxygen atoms in total. The fraction of sp³-hybridized carbons (Fsp3) is 0.719. The van der Waals surface area contributed by atoms with Crippen molar-refractivity contribution in [3.8, 4) is 0 Å². The van der Waals surface area contributed by atoms with E-state index >= 15 is 0 Å². The Hall–Kier alpha value is 0.628. The van der Waals surface area contributed by atoms with Crippen molar-refractivity contribution in [1.29, 1.82) is 0 Å². The second-order valence-corrected chi connectivity index (χ2v) is 13.8. The molecule has 0 saturated heterocycles. The van der Waals surface area contributed by atoms with E-state index in [1.807, 2.05) is 13.8 Å². The van der Waals surface area contributed by atoms with Gasteiger partial charge >= 0.3 is 23.7 Å². The molecule has 248 valence electrons. The number of hydrogen-bond acceptors (Lipinski definition) is 2. The zero-order valence-electron chi connectivity index (χ0n) is 27.3. The minimum Gasteiger partial charge on any atom is -0.418 e. The summed E-state index contributed by atoms with van der Waals surface area (Å²) in [6, 6.07) is 0. The van der Waals surface area contributed by atoms with Gasteiger partial charge in [0.1, 0.15) is 0 Å². The third kappa shape index (κ3) is 60.6. The molecular formula is C32H62BF4NiO2P. The summed E-state index contributed by atoms with van der Waals surface area (Å²) in [4.78, 5) is 0. The number of halogens is 4. The molecule has 0 aromatic carbocycles. The molecule has 0 amide bonds. The second-order valence-electron chi connectivity index (χ2n) is 9.78. The van der Waals surface area contributed by atoms with E-state index in [4.69, 9.17) is 9.84 Å². The van der Waals surface area contributed by atoms with E-state index in [1.165, 1.54) is 51.4 Å². The molecule has 8 radical (unpaired) electrons. The SMILES string of the molecule is CC(C)P(C(C)C)C(C)C.CCOCC.F[B-](F)(F)F.[CH2-]CCO.[CH]1[CH]CC[CH][CH]CC1.[CH]1[CH]CC[CH][CH]CC1.[Ni+2]. The third-order valence-electron chi connectivity index (χ3n) is 5.02. The van der Waals surface area contributed by atoms with E-state index in [0.717, 1.165) is 30.2 Å². The third-order valence-corrected chi connectivity index (χ3v) is 8.60. The van der Waals surface area contributed by atoms with Gasteiger partial charge in [-0.3, -0.25) is 0 Å². The van der Waals surface area contributed by atoms with Gasteiger partial charge in [-0.15, -0.1) is 0 Å². The van der Waals surface area contributed by atoms with Crippen LogP contribution in [0.25, 0.3) is 0 Å². The second kappa shape index (κ2) is 40.6. The summed E-state index contributed by atoms with van der Waals surface area (Å²) in [5.74, 6) is 0. The average Bonchev–Trinajstić information content (AvgIpc) is 2.78. The molecule has 41 heavy (non-hydrogen) atoms. The summed E-state index contributed by atoms with van der Waals surface area (Å²) < 4.78 is 43.8. The molecule has 2 fully saturated rings. The van der Waals surface area contributed by atoms with Crippen LogP contribution in [0.3, 0.4) is 0 Å². The van der Waals surface area contributed by atoms with Crippen molar-refractivity contribution in [1.82, 2.24) is 0 Å². The van der Waals surface area contributed by atoms with Gasteiger partial charge in [-0.05, 0) is 134 Å². The summed E-state index contributed by atoms with van der Waals surface area (Å²) in [5.41, 5.74) is 2.69. The van der Waals surface area contributed by atoms with Crippen LogP contribution in [0.5, 0.6) is 0 Å². The van der Waals surface area contributed by atoms with Gasteiger partial charge in [0.05, 0.1) is 0 Å². The van der Waals surface area contributed by atoms with Gasteiger partial charge in [-0.25, -0.2) is 0 Å². The summed E-state index contributed by atoms with van der Waals surface area (Å²) in [7, 11) is -5.74. The number of aliphatic hydroxyl groups excluding tert-OH is 1. The summed E-state index contributed by atoms with van der Waals surface area (Å²) in [6.45, 7) is 23.3. The van der Waals surface area contributed by atoms with E-state index in [2.05, 4.69) is 99.8 Å². The van der Waals surface area contributed by atoms with Gasteiger partial charge in [-0.1, -0.05) is 49.5 Å². The molecule has 2 saturated carbocycles. The normalized spacial score (nSPS) is 15.7. The Labute approximate surface area is 266 Å². The van der Waals surface area contributed by atoms with Crippen LogP contribution >= 0.6 is 7.92 Å². The fourth-order valence-corrected chi connectivity index (χ4v) is 7.28. The summed E-state index contributed by atoms with van der Waals surface area (Å²) >= 11 is 0. The van der Waals surface area contributed by atoms with Gasteiger partial charge in [0.2, 0.25) is 0 Å². The maximum Gasteiger partial charge on any atom is 2.00 e. The molecule has 2 aliphatic rings. The van der Waals surface area contributed by atoms with E-state index in [0.29, 0.717) is 6.42 Å². The van der Waals surface area contributed by atoms with Crippen molar-refractivity contribution in [3.05, 3.63) is 58.3 Å². The van der Waals surface area contributed by atoms with Gasteiger partial charge in [0.25, 0.3) is 0 Å². The monoisotopic (exact) mass is 654 g/mol. The molecule has 2 rings (SSSR count). The van der Waals surface area contributed by atoms with Crippen LogP contribution in [0.1, 0.15) is 113 Å². The molecule has 0 spiro atoms. The molecule has 0 aliphatic heterocycles. The number of aliphatic hydroxyl groups is 1. The summed E-state index contributed by atoms with van der Waals surface area (Å²) in [5, 5.41) is 7.81. The molecule has 0 aromatic heterocycles. The van der Waals surface area contributed by atoms with E-state index < -0.39 is 7.25 Å². The Morgan fingerprint density at radius 1 is 0.634 bits per heavy atom. The molecule has 0 aromatic rings. The number of rotatable bonds is 6. The van der Waals surface area contributed by atoms with Gasteiger partial charge in [-0.2, -0.15) is 6.42 Å². The van der Waals surface area contributed by atoms with E-state index in [1.54, 1.807) is 0 Å². The maximum absolute atomic E-state index is 9.75. The first-order valence-electron chi connectivity index (χ1n) is 15.0. The van der Waals surface area contributed by atoms with Crippen LogP contribution in [0.15, 0.2) is 0 Å². The van der Waals surface area contributed by atoms with Crippen LogP contribution in [0.4, 0.5) is 17.3 Å². The zero-order chi connectivity index (χ0) is 31.7. The van der Waals surface area contributed by atoms with Crippen LogP contribution in [0.2, 0.25) is 0 Å². The topological polar surface area (TPSA) is 29.5 Å². The molecular weight excluding hydrogens is 593 g/mol. The van der Waals surface area contributed by atoms with Gasteiger partial charge < -0.3 is 34.0 Å². The smallest absolute Gasteiger partial charge is 0.418 e. The Bertz CT molecular complexity index is 353. The van der Waals surface area contributed by atoms with Crippen molar-refractivity contribution in [2.45, 2.75) is 130 Å². The van der Waals surface area contributed by atoms with E-state index in [9.17, 15) is 17.3 Å². The van der Waals surface area contributed by atoms with E-state index in [-0.39, 0.29) is 31.0 Å². The first-order chi connectivity index (χ1) is 18.8. The van der Waals surface area contributed by atoms with Gasteiger partial charge in [0, 0.05) is 19.8 Å². The summed E-state index contributed by atoms with van der Waals surface area (Å²) in [6.07, 6.45) is 28.6. The Morgan fingerprint density at radius 3 is 0.854 bits per heavy atom. The van der Waals surface area contributed by atoms with Crippen LogP contribution in [-0.4, -0.2) is 49.2 Å². The van der Waals surface area contributed by atoms with Gasteiger partial charge in [0.15, 0.2) is 0 Å². The first-order valence-corrected chi connectivity index (χ1v) is 16.6. The minimum absolute atomic E-state index is 0. The van der Waals surface area contributed by atoms with Crippen LogP contribution < -0.4 is 0 Å². The average molecular weight is 655 g/mol. The predicted octanol–water partition coefficient (Wildman–Crippen LogP) is 11.0. The Kier molecular flexibility index (Phi) is 50.8.